The molecule has 0 saturated carbocycles. The Hall–Kier alpha value is -3.11. The van der Waals surface area contributed by atoms with E-state index in [0.29, 0.717) is 24.1 Å². The second kappa shape index (κ2) is 8.44. The van der Waals surface area contributed by atoms with E-state index in [1.165, 1.54) is 25.6 Å². The number of methoxy groups -OCH3 is 1. The minimum Gasteiger partial charge on any atom is -0.497 e. The Balaban J connectivity index is 1.45. The van der Waals surface area contributed by atoms with E-state index in [-0.39, 0.29) is 36.0 Å². The number of hydrogen-bond donors (Lipinski definition) is 0. The predicted octanol–water partition coefficient (Wildman–Crippen LogP) is 0.961. The number of aromatic nitrogens is 2. The van der Waals surface area contributed by atoms with Gasteiger partial charge in [0.1, 0.15) is 5.75 Å². The molecule has 9 nitrogen and oxygen atoms in total. The molecule has 1 amide bonds. The van der Waals surface area contributed by atoms with Crippen molar-refractivity contribution in [3.05, 3.63) is 58.5 Å². The van der Waals surface area contributed by atoms with Crippen LogP contribution < -0.4 is 10.4 Å². The van der Waals surface area contributed by atoms with Crippen LogP contribution in [0.1, 0.15) is 5.56 Å². The minimum atomic E-state index is -3.73. The Kier molecular flexibility index (Phi) is 5.83. The maximum Gasteiger partial charge on any atom is 0.328 e. The highest BCUT2D eigenvalue weighted by molar-refractivity contribution is 7.89. The molecule has 0 bridgehead atoms. The maximum absolute atomic E-state index is 13.2. The smallest absolute Gasteiger partial charge is 0.328 e. The van der Waals surface area contributed by atoms with Gasteiger partial charge in [0.25, 0.3) is 0 Å². The second-order valence-electron chi connectivity index (χ2n) is 7.86. The van der Waals surface area contributed by atoms with Gasteiger partial charge in [-0.3, -0.25) is 13.9 Å². The van der Waals surface area contributed by atoms with Gasteiger partial charge in [-0.05, 0) is 35.9 Å². The fourth-order valence-electron chi connectivity index (χ4n) is 4.00. The molecule has 1 saturated heterocycles. The summed E-state index contributed by atoms with van der Waals surface area (Å²) in [5, 5.41) is 0. The van der Waals surface area contributed by atoms with Crippen LogP contribution in [0, 0.1) is 0 Å². The van der Waals surface area contributed by atoms with Crippen molar-refractivity contribution in [2.45, 2.75) is 11.3 Å². The third-order valence-corrected chi connectivity index (χ3v) is 7.88. The second-order valence-corrected chi connectivity index (χ2v) is 9.80. The molecule has 0 radical (unpaired) electrons. The number of carbonyl (C=O) groups excluding carboxylic acids is 1. The van der Waals surface area contributed by atoms with Crippen molar-refractivity contribution in [3.8, 4) is 5.75 Å². The number of piperazine rings is 1. The van der Waals surface area contributed by atoms with E-state index in [0.717, 1.165) is 11.3 Å². The van der Waals surface area contributed by atoms with E-state index in [1.807, 2.05) is 24.3 Å². The fourth-order valence-corrected chi connectivity index (χ4v) is 5.45. The molecule has 2 aromatic carbocycles. The van der Waals surface area contributed by atoms with Crippen LogP contribution in [-0.4, -0.2) is 66.0 Å². The van der Waals surface area contributed by atoms with Gasteiger partial charge in [-0.2, -0.15) is 4.31 Å². The number of ether oxygens (including phenoxy) is 1. The van der Waals surface area contributed by atoms with E-state index in [4.69, 9.17) is 4.74 Å². The van der Waals surface area contributed by atoms with Gasteiger partial charge in [-0.15, -0.1) is 0 Å². The molecule has 0 atom stereocenters. The number of aryl methyl sites for hydroxylation is 2. The molecule has 0 aliphatic carbocycles. The van der Waals surface area contributed by atoms with Gasteiger partial charge in [0.05, 0.1) is 29.5 Å². The molecule has 4 rings (SSSR count). The average Bonchev–Trinajstić information content (AvgIpc) is 3.03. The summed E-state index contributed by atoms with van der Waals surface area (Å²) in [6.07, 6.45) is 0.259. The Labute approximate surface area is 186 Å². The zero-order valence-corrected chi connectivity index (χ0v) is 19.1. The molecule has 1 fully saturated rings. The van der Waals surface area contributed by atoms with Crippen LogP contribution in [-0.2, 0) is 35.3 Å². The predicted molar refractivity (Wildman–Crippen MR) is 120 cm³/mol. The van der Waals surface area contributed by atoms with Crippen molar-refractivity contribution in [2.24, 2.45) is 14.1 Å². The molecule has 0 N–H and O–H groups in total. The Morgan fingerprint density at radius 3 is 2.19 bits per heavy atom. The Bertz CT molecular complexity index is 1320. The van der Waals surface area contributed by atoms with Crippen LogP contribution in [0.5, 0.6) is 5.75 Å². The summed E-state index contributed by atoms with van der Waals surface area (Å²) in [5.41, 5.74) is 1.91. The first kappa shape index (κ1) is 22.1. The quantitative estimate of drug-likeness (QED) is 0.568. The fraction of sp³-hybridized carbons (Fsp3) is 0.364. The normalized spacial score (nSPS) is 15.3. The summed E-state index contributed by atoms with van der Waals surface area (Å²) < 4.78 is 35.8. The molecule has 0 unspecified atom stereocenters. The number of benzene rings is 2. The van der Waals surface area contributed by atoms with Crippen LogP contribution in [0.2, 0.25) is 0 Å². The standard InChI is InChI=1S/C22H26N4O5S/c1-23-19-9-8-18(15-20(19)24(2)22(23)28)32(29,30)26-12-10-25(11-13-26)21(27)14-16-4-6-17(31-3)7-5-16/h4-9,15H,10-14H2,1-3H3. The SMILES string of the molecule is COc1ccc(CC(=O)N2CCN(S(=O)(=O)c3ccc4c(c3)n(C)c(=O)n4C)CC2)cc1. The van der Waals surface area contributed by atoms with E-state index < -0.39 is 10.0 Å². The summed E-state index contributed by atoms with van der Waals surface area (Å²) in [6, 6.07) is 12.0. The molecule has 170 valence electrons. The van der Waals surface area contributed by atoms with Crippen molar-refractivity contribution in [1.29, 1.82) is 0 Å². The number of rotatable bonds is 5. The first-order valence-electron chi connectivity index (χ1n) is 10.3. The van der Waals surface area contributed by atoms with Crippen molar-refractivity contribution in [2.75, 3.05) is 33.3 Å². The lowest BCUT2D eigenvalue weighted by Gasteiger charge is -2.34. The third kappa shape index (κ3) is 3.91. The first-order chi connectivity index (χ1) is 15.2. The lowest BCUT2D eigenvalue weighted by Crippen LogP contribution is -2.50. The van der Waals surface area contributed by atoms with Gasteiger partial charge in [0.15, 0.2) is 0 Å². The van der Waals surface area contributed by atoms with Gasteiger partial charge in [-0.1, -0.05) is 12.1 Å². The lowest BCUT2D eigenvalue weighted by atomic mass is 10.1. The molecule has 3 aromatic rings. The van der Waals surface area contributed by atoms with Crippen molar-refractivity contribution in [3.63, 3.8) is 0 Å². The van der Waals surface area contributed by atoms with Gasteiger partial charge in [-0.25, -0.2) is 13.2 Å². The van der Waals surface area contributed by atoms with Crippen molar-refractivity contribution >= 4 is 27.0 Å². The summed E-state index contributed by atoms with van der Waals surface area (Å²) in [7, 11) is 1.13. The van der Waals surface area contributed by atoms with E-state index >= 15 is 0 Å². The Morgan fingerprint density at radius 1 is 0.938 bits per heavy atom. The van der Waals surface area contributed by atoms with Crippen LogP contribution in [0.15, 0.2) is 52.2 Å². The summed E-state index contributed by atoms with van der Waals surface area (Å²) >= 11 is 0. The first-order valence-corrected chi connectivity index (χ1v) is 11.7. The van der Waals surface area contributed by atoms with Gasteiger partial charge in [0.2, 0.25) is 15.9 Å². The number of fused-ring (bicyclic) bond motifs is 1. The molecule has 1 aromatic heterocycles. The summed E-state index contributed by atoms with van der Waals surface area (Å²) in [5.74, 6) is 0.696. The highest BCUT2D eigenvalue weighted by Gasteiger charge is 2.30. The Morgan fingerprint density at radius 2 is 1.56 bits per heavy atom. The zero-order valence-electron chi connectivity index (χ0n) is 18.3. The summed E-state index contributed by atoms with van der Waals surface area (Å²) in [6.45, 7) is 1.12. The number of sulfonamides is 1. The van der Waals surface area contributed by atoms with Crippen molar-refractivity contribution < 1.29 is 17.9 Å². The van der Waals surface area contributed by atoms with Gasteiger partial charge in [0, 0.05) is 40.3 Å². The highest BCUT2D eigenvalue weighted by Crippen LogP contribution is 2.22. The molecule has 1 aliphatic heterocycles. The highest BCUT2D eigenvalue weighted by atomic mass is 32.2. The third-order valence-electron chi connectivity index (χ3n) is 5.99. The maximum atomic E-state index is 13.2. The number of imidazole rings is 1. The van der Waals surface area contributed by atoms with E-state index in [2.05, 4.69) is 0 Å². The number of carbonyl (C=O) groups is 1. The van der Waals surface area contributed by atoms with Crippen LogP contribution in [0.25, 0.3) is 11.0 Å². The lowest BCUT2D eigenvalue weighted by molar-refractivity contribution is -0.131. The largest absolute Gasteiger partial charge is 0.497 e. The molecular formula is C22H26N4O5S. The van der Waals surface area contributed by atoms with Crippen LogP contribution >= 0.6 is 0 Å². The molecule has 0 spiro atoms. The van der Waals surface area contributed by atoms with Gasteiger partial charge < -0.3 is 9.64 Å². The van der Waals surface area contributed by atoms with Crippen LogP contribution in [0.3, 0.4) is 0 Å². The minimum absolute atomic E-state index is 0.0343. The topological polar surface area (TPSA) is 93.8 Å². The van der Waals surface area contributed by atoms with E-state index in [1.54, 1.807) is 32.2 Å². The summed E-state index contributed by atoms with van der Waals surface area (Å²) in [4.78, 5) is 26.6. The number of hydrogen-bond acceptors (Lipinski definition) is 5. The molecule has 10 heteroatoms. The molecule has 2 heterocycles. The average molecular weight is 459 g/mol. The number of amides is 1. The van der Waals surface area contributed by atoms with E-state index in [9.17, 15) is 18.0 Å². The molecular weight excluding hydrogens is 432 g/mol. The van der Waals surface area contributed by atoms with Crippen LogP contribution in [0.4, 0.5) is 0 Å². The zero-order chi connectivity index (χ0) is 23.0. The monoisotopic (exact) mass is 458 g/mol. The molecule has 32 heavy (non-hydrogen) atoms. The number of nitrogens with zero attached hydrogens (tertiary/aromatic N) is 4. The van der Waals surface area contributed by atoms with Crippen molar-refractivity contribution in [1.82, 2.24) is 18.3 Å². The molecule has 1 aliphatic rings. The van der Waals surface area contributed by atoms with Gasteiger partial charge >= 0.3 is 5.69 Å².